The van der Waals surface area contributed by atoms with E-state index < -0.39 is 0 Å². The minimum atomic E-state index is 0.583. The molecule has 0 rings (SSSR count). The lowest BCUT2D eigenvalue weighted by Gasteiger charge is -1.80. The van der Waals surface area contributed by atoms with Crippen LogP contribution in [0.25, 0.3) is 0 Å². The van der Waals surface area contributed by atoms with Gasteiger partial charge in [-0.3, -0.25) is 0 Å². The molecule has 0 fully saturated rings. The van der Waals surface area contributed by atoms with Crippen molar-refractivity contribution in [2.45, 2.75) is 6.92 Å². The third-order valence-corrected chi connectivity index (χ3v) is 0.515. The van der Waals surface area contributed by atoms with Crippen molar-refractivity contribution in [3.05, 3.63) is 24.8 Å². The van der Waals surface area contributed by atoms with Crippen LogP contribution in [0.5, 0.6) is 0 Å². The Morgan fingerprint density at radius 1 is 1.56 bits per heavy atom. The zero-order valence-corrected chi connectivity index (χ0v) is 6.06. The van der Waals surface area contributed by atoms with Gasteiger partial charge in [0, 0.05) is 13.1 Å². The molecule has 2 nitrogen and oxygen atoms in total. The van der Waals surface area contributed by atoms with Gasteiger partial charge in [-0.2, -0.15) is 0 Å². The van der Waals surface area contributed by atoms with Gasteiger partial charge in [-0.05, 0) is 6.92 Å². The van der Waals surface area contributed by atoms with E-state index in [1.54, 1.807) is 6.08 Å². The van der Waals surface area contributed by atoms with E-state index in [1.807, 2.05) is 6.92 Å². The largest absolute Gasteiger partial charge is 0.327 e. The molecule has 0 saturated carbocycles. The summed E-state index contributed by atoms with van der Waals surface area (Å²) < 4.78 is 0. The first-order valence-corrected chi connectivity index (χ1v) is 2.84. The molecule has 0 aromatic carbocycles. The Bertz CT molecular complexity index is 77.0. The average Bonchev–Trinajstić information content (AvgIpc) is 1.89. The highest BCUT2D eigenvalue weighted by atomic mass is 14.5. The van der Waals surface area contributed by atoms with Gasteiger partial charge in [-0.1, -0.05) is 18.2 Å². The molecule has 0 amide bonds. The van der Waals surface area contributed by atoms with E-state index in [-0.39, 0.29) is 0 Å². The molecule has 0 radical (unpaired) electrons. The van der Waals surface area contributed by atoms with Gasteiger partial charge in [0.25, 0.3) is 0 Å². The summed E-state index contributed by atoms with van der Waals surface area (Å²) in [7, 11) is 0. The summed E-state index contributed by atoms with van der Waals surface area (Å²) in [6, 6.07) is 0. The molecule has 54 valence electrons. The average molecular weight is 128 g/mol. The van der Waals surface area contributed by atoms with E-state index in [9.17, 15) is 0 Å². The maximum absolute atomic E-state index is 5.07. The summed E-state index contributed by atoms with van der Waals surface area (Å²) >= 11 is 0. The van der Waals surface area contributed by atoms with Crippen LogP contribution in [0.1, 0.15) is 6.92 Å². The Balaban J connectivity index is 0. The normalized spacial score (nSPS) is 7.00. The molecule has 0 bridgehead atoms. The van der Waals surface area contributed by atoms with Gasteiger partial charge in [-0.15, -0.1) is 6.58 Å². The van der Waals surface area contributed by atoms with Crippen LogP contribution in [0.2, 0.25) is 0 Å². The molecule has 0 aromatic heterocycles. The van der Waals surface area contributed by atoms with E-state index in [1.165, 1.54) is 0 Å². The van der Waals surface area contributed by atoms with Crippen molar-refractivity contribution in [3.8, 4) is 0 Å². The molecule has 2 heteroatoms. The van der Waals surface area contributed by atoms with Crippen molar-refractivity contribution < 1.29 is 0 Å². The summed E-state index contributed by atoms with van der Waals surface area (Å²) in [6.07, 6.45) is 1.65. The first-order valence-electron chi connectivity index (χ1n) is 2.84. The van der Waals surface area contributed by atoms with Crippen molar-refractivity contribution in [2.24, 2.45) is 11.5 Å². The monoisotopic (exact) mass is 128 g/mol. The summed E-state index contributed by atoms with van der Waals surface area (Å²) in [5, 5.41) is 0. The molecule has 0 heterocycles. The maximum Gasteiger partial charge on any atom is 0.0131 e. The summed E-state index contributed by atoms with van der Waals surface area (Å²) in [4.78, 5) is 0. The van der Waals surface area contributed by atoms with Crippen LogP contribution in [-0.4, -0.2) is 13.1 Å². The zero-order valence-electron chi connectivity index (χ0n) is 6.06. The maximum atomic E-state index is 5.07. The van der Waals surface area contributed by atoms with Gasteiger partial charge in [0.1, 0.15) is 0 Å². The molecular formula is C7H16N2. The Morgan fingerprint density at radius 2 is 1.78 bits per heavy atom. The van der Waals surface area contributed by atoms with E-state index in [0.29, 0.717) is 13.1 Å². The highest BCUT2D eigenvalue weighted by Crippen LogP contribution is 1.74. The molecule has 0 unspecified atom stereocenters. The molecule has 0 aromatic rings. The van der Waals surface area contributed by atoms with E-state index in [4.69, 9.17) is 11.5 Å². The molecule has 9 heavy (non-hydrogen) atoms. The minimum absolute atomic E-state index is 0.583. The first-order chi connectivity index (χ1) is 4.18. The molecule has 0 spiro atoms. The highest BCUT2D eigenvalue weighted by Gasteiger charge is 1.67. The van der Waals surface area contributed by atoms with Crippen molar-refractivity contribution in [2.75, 3.05) is 13.1 Å². The first kappa shape index (κ1) is 11.2. The lowest BCUT2D eigenvalue weighted by molar-refractivity contribution is 1.15. The second-order valence-corrected chi connectivity index (χ2v) is 1.69. The van der Waals surface area contributed by atoms with Gasteiger partial charge in [0.05, 0.1) is 0 Å². The van der Waals surface area contributed by atoms with E-state index >= 15 is 0 Å². The van der Waals surface area contributed by atoms with Crippen LogP contribution in [0, 0.1) is 0 Å². The summed E-state index contributed by atoms with van der Waals surface area (Å²) in [5.41, 5.74) is 11.0. The standard InChI is InChI=1S/C4H9N.C3H7N/c1-4(2)3-5;1-2-3-4/h1,3,5H2,2H3;2H,1,3-4H2. The fraction of sp³-hybridized carbons (Fsp3) is 0.429. The molecule has 0 saturated heterocycles. The number of hydrogen-bond donors (Lipinski definition) is 2. The van der Waals surface area contributed by atoms with Crippen molar-refractivity contribution >= 4 is 0 Å². The minimum Gasteiger partial charge on any atom is -0.327 e. The lowest BCUT2D eigenvalue weighted by atomic mass is 10.4. The lowest BCUT2D eigenvalue weighted by Crippen LogP contribution is -1.97. The predicted molar refractivity (Wildman–Crippen MR) is 43.1 cm³/mol. The molecule has 4 N–H and O–H groups in total. The predicted octanol–water partition coefficient (Wildman–Crippen LogP) is 0.652. The van der Waals surface area contributed by atoms with Crippen LogP contribution >= 0.6 is 0 Å². The molecule has 0 atom stereocenters. The number of rotatable bonds is 2. The third kappa shape index (κ3) is 37.5. The van der Waals surface area contributed by atoms with Crippen molar-refractivity contribution in [1.82, 2.24) is 0 Å². The van der Waals surface area contributed by atoms with E-state index in [0.717, 1.165) is 5.57 Å². The van der Waals surface area contributed by atoms with Crippen LogP contribution in [0.15, 0.2) is 24.8 Å². The van der Waals surface area contributed by atoms with Crippen molar-refractivity contribution in [1.29, 1.82) is 0 Å². The third-order valence-electron chi connectivity index (χ3n) is 0.515. The fourth-order valence-corrected chi connectivity index (χ4v) is 0. The highest BCUT2D eigenvalue weighted by molar-refractivity contribution is 4.88. The smallest absolute Gasteiger partial charge is 0.0131 e. The summed E-state index contributed by atoms with van der Waals surface area (Å²) in [5.74, 6) is 0. The Hall–Kier alpha value is -0.600. The van der Waals surface area contributed by atoms with Crippen LogP contribution in [0.3, 0.4) is 0 Å². The van der Waals surface area contributed by atoms with E-state index in [2.05, 4.69) is 13.2 Å². The van der Waals surface area contributed by atoms with Crippen LogP contribution in [0.4, 0.5) is 0 Å². The van der Waals surface area contributed by atoms with Crippen LogP contribution in [-0.2, 0) is 0 Å². The van der Waals surface area contributed by atoms with Crippen molar-refractivity contribution in [3.63, 3.8) is 0 Å². The Labute approximate surface area is 57.2 Å². The number of hydrogen-bond acceptors (Lipinski definition) is 2. The Morgan fingerprint density at radius 3 is 1.78 bits per heavy atom. The fourth-order valence-electron chi connectivity index (χ4n) is 0. The second-order valence-electron chi connectivity index (χ2n) is 1.69. The van der Waals surface area contributed by atoms with Gasteiger partial charge in [0.15, 0.2) is 0 Å². The molecule has 0 aliphatic heterocycles. The van der Waals surface area contributed by atoms with Gasteiger partial charge >= 0.3 is 0 Å². The zero-order chi connectivity index (χ0) is 7.70. The quantitative estimate of drug-likeness (QED) is 0.536. The molecule has 0 aliphatic rings. The Kier molecular flexibility index (Phi) is 13.0. The van der Waals surface area contributed by atoms with Gasteiger partial charge in [-0.25, -0.2) is 0 Å². The van der Waals surface area contributed by atoms with Gasteiger partial charge in [0.2, 0.25) is 0 Å². The SMILES string of the molecule is C=C(C)CN.C=CCN. The van der Waals surface area contributed by atoms with Gasteiger partial charge < -0.3 is 11.5 Å². The molecular weight excluding hydrogens is 112 g/mol. The van der Waals surface area contributed by atoms with Crippen LogP contribution < -0.4 is 11.5 Å². The second kappa shape index (κ2) is 10.4. The topological polar surface area (TPSA) is 52.0 Å². The number of nitrogens with two attached hydrogens (primary N) is 2. The molecule has 0 aliphatic carbocycles. The summed E-state index contributed by atoms with van der Waals surface area (Å²) in [6.45, 7) is 10.0.